The minimum Gasteiger partial charge on any atom is -0.444 e. The number of nitrogens with zero attached hydrogens (tertiary/aromatic N) is 2. The van der Waals surface area contributed by atoms with E-state index >= 15 is 0 Å². The monoisotopic (exact) mass is 339 g/mol. The molecule has 1 heterocycles. The second-order valence-corrected chi connectivity index (χ2v) is 6.70. The van der Waals surface area contributed by atoms with Crippen molar-refractivity contribution in [3.8, 4) is 0 Å². The molecule has 1 saturated heterocycles. The lowest BCUT2D eigenvalue weighted by Crippen LogP contribution is -2.50. The summed E-state index contributed by atoms with van der Waals surface area (Å²) in [6.07, 6.45) is -0.222. The van der Waals surface area contributed by atoms with Crippen LogP contribution in [0.15, 0.2) is 22.7 Å². The number of amides is 1. The third-order valence-electron chi connectivity index (χ3n) is 3.05. The van der Waals surface area contributed by atoms with Crippen LogP contribution in [0.1, 0.15) is 20.8 Å². The quantitative estimate of drug-likeness (QED) is 0.786. The zero-order chi connectivity index (χ0) is 14.8. The molecule has 5 heteroatoms. The summed E-state index contributed by atoms with van der Waals surface area (Å²) in [4.78, 5) is 16.0. The number of halogens is 1. The molecule has 1 fully saturated rings. The van der Waals surface area contributed by atoms with Gasteiger partial charge in [-0.3, -0.25) is 0 Å². The van der Waals surface area contributed by atoms with Gasteiger partial charge in [0.1, 0.15) is 5.60 Å². The van der Waals surface area contributed by atoms with Crippen LogP contribution in [0.25, 0.3) is 0 Å². The Balaban J connectivity index is 1.91. The summed E-state index contributed by atoms with van der Waals surface area (Å²) < 4.78 is 6.34. The number of carbonyl (C=O) groups is 1. The van der Waals surface area contributed by atoms with Crippen molar-refractivity contribution in [1.82, 2.24) is 4.90 Å². The molecule has 1 radical (unpaired) electrons. The minimum atomic E-state index is -0.436. The van der Waals surface area contributed by atoms with Gasteiger partial charge in [-0.05, 0) is 39.0 Å². The van der Waals surface area contributed by atoms with Gasteiger partial charge in [0.2, 0.25) is 0 Å². The first-order valence-corrected chi connectivity index (χ1v) is 7.54. The second kappa shape index (κ2) is 6.04. The number of benzene rings is 1. The highest BCUT2D eigenvalue weighted by molar-refractivity contribution is 9.10. The molecule has 1 aliphatic rings. The number of hydrogen-bond donors (Lipinski definition) is 0. The van der Waals surface area contributed by atoms with Gasteiger partial charge in [0, 0.05) is 36.3 Å². The Labute approximate surface area is 128 Å². The van der Waals surface area contributed by atoms with Gasteiger partial charge in [-0.15, -0.1) is 0 Å². The lowest BCUT2D eigenvalue weighted by Gasteiger charge is -2.36. The van der Waals surface area contributed by atoms with Crippen molar-refractivity contribution in [2.24, 2.45) is 0 Å². The summed E-state index contributed by atoms with van der Waals surface area (Å²) in [6.45, 7) is 8.67. The van der Waals surface area contributed by atoms with Crippen molar-refractivity contribution in [1.29, 1.82) is 0 Å². The first-order chi connectivity index (χ1) is 9.35. The third kappa shape index (κ3) is 4.13. The Bertz CT molecular complexity index is 477. The Morgan fingerprint density at radius 3 is 2.50 bits per heavy atom. The van der Waals surface area contributed by atoms with Gasteiger partial charge in [0.25, 0.3) is 0 Å². The van der Waals surface area contributed by atoms with E-state index in [0.717, 1.165) is 23.2 Å². The maximum atomic E-state index is 12.0. The van der Waals surface area contributed by atoms with Crippen molar-refractivity contribution in [2.75, 3.05) is 31.1 Å². The normalized spacial score (nSPS) is 16.2. The van der Waals surface area contributed by atoms with Gasteiger partial charge in [-0.1, -0.05) is 22.0 Å². The van der Waals surface area contributed by atoms with Crippen LogP contribution in [0.2, 0.25) is 0 Å². The molecule has 0 atom stereocenters. The SMILES string of the molecule is CC(C)(C)OC(=O)N1CCN(c2cc[c]c(Br)c2)CC1. The largest absolute Gasteiger partial charge is 0.444 e. The van der Waals surface area contributed by atoms with Crippen LogP contribution in [-0.4, -0.2) is 42.8 Å². The predicted molar refractivity (Wildman–Crippen MR) is 83.0 cm³/mol. The highest BCUT2D eigenvalue weighted by atomic mass is 79.9. The molecular formula is C15H20BrN2O2. The first-order valence-electron chi connectivity index (χ1n) is 6.75. The van der Waals surface area contributed by atoms with Crippen LogP contribution in [0.3, 0.4) is 0 Å². The molecule has 2 rings (SSSR count). The molecule has 0 unspecified atom stereocenters. The molecule has 0 N–H and O–H groups in total. The highest BCUT2D eigenvalue weighted by Gasteiger charge is 2.25. The molecule has 1 amide bonds. The smallest absolute Gasteiger partial charge is 0.410 e. The summed E-state index contributed by atoms with van der Waals surface area (Å²) in [7, 11) is 0. The van der Waals surface area contributed by atoms with Crippen LogP contribution in [0.5, 0.6) is 0 Å². The van der Waals surface area contributed by atoms with Gasteiger partial charge in [-0.25, -0.2) is 4.79 Å². The summed E-state index contributed by atoms with van der Waals surface area (Å²) in [5, 5.41) is 0. The maximum absolute atomic E-state index is 12.0. The molecule has 0 aliphatic carbocycles. The van der Waals surface area contributed by atoms with E-state index in [2.05, 4.69) is 26.9 Å². The Morgan fingerprint density at radius 2 is 1.95 bits per heavy atom. The van der Waals surface area contributed by atoms with E-state index in [-0.39, 0.29) is 6.09 Å². The van der Waals surface area contributed by atoms with Crippen molar-refractivity contribution >= 4 is 27.7 Å². The molecule has 1 aromatic carbocycles. The van der Waals surface area contributed by atoms with Crippen LogP contribution in [-0.2, 0) is 4.74 Å². The minimum absolute atomic E-state index is 0.222. The summed E-state index contributed by atoms with van der Waals surface area (Å²) in [5.74, 6) is 0. The molecule has 0 spiro atoms. The molecule has 4 nitrogen and oxygen atoms in total. The van der Waals surface area contributed by atoms with Gasteiger partial charge in [-0.2, -0.15) is 0 Å². The number of ether oxygens (including phenoxy) is 1. The van der Waals surface area contributed by atoms with Crippen molar-refractivity contribution < 1.29 is 9.53 Å². The van der Waals surface area contributed by atoms with Crippen molar-refractivity contribution in [2.45, 2.75) is 26.4 Å². The van der Waals surface area contributed by atoms with Crippen molar-refractivity contribution in [3.05, 3.63) is 28.7 Å². The maximum Gasteiger partial charge on any atom is 0.410 e. The zero-order valence-electron chi connectivity index (χ0n) is 12.1. The molecule has 0 bridgehead atoms. The molecule has 0 saturated carbocycles. The number of piperazine rings is 1. The summed E-state index contributed by atoms with van der Waals surface area (Å²) >= 11 is 3.43. The van der Waals surface area contributed by atoms with Gasteiger partial charge < -0.3 is 14.5 Å². The second-order valence-electron chi connectivity index (χ2n) is 5.85. The molecule has 1 aliphatic heterocycles. The molecule has 1 aromatic rings. The topological polar surface area (TPSA) is 32.8 Å². The van der Waals surface area contributed by atoms with E-state index in [1.165, 1.54) is 0 Å². The van der Waals surface area contributed by atoms with E-state index in [4.69, 9.17) is 4.74 Å². The van der Waals surface area contributed by atoms with E-state index in [0.29, 0.717) is 13.1 Å². The average molecular weight is 340 g/mol. The number of carbonyl (C=O) groups excluding carboxylic acids is 1. The fraction of sp³-hybridized carbons (Fsp3) is 0.533. The third-order valence-corrected chi connectivity index (χ3v) is 3.50. The summed E-state index contributed by atoms with van der Waals surface area (Å²) in [6, 6.07) is 9.05. The Hall–Kier alpha value is -1.23. The molecule has 0 aromatic heterocycles. The van der Waals surface area contributed by atoms with Gasteiger partial charge >= 0.3 is 6.09 Å². The number of rotatable bonds is 1. The molecular weight excluding hydrogens is 320 g/mol. The first kappa shape index (κ1) is 15.2. The average Bonchev–Trinajstić information content (AvgIpc) is 2.37. The van der Waals surface area contributed by atoms with Gasteiger partial charge in [0.15, 0.2) is 0 Å². The Morgan fingerprint density at radius 1 is 1.30 bits per heavy atom. The summed E-state index contributed by atoms with van der Waals surface area (Å²) in [5.41, 5.74) is 0.716. The fourth-order valence-corrected chi connectivity index (χ4v) is 2.46. The number of hydrogen-bond acceptors (Lipinski definition) is 3. The Kier molecular flexibility index (Phi) is 4.58. The van der Waals surface area contributed by atoms with E-state index < -0.39 is 5.60 Å². The van der Waals surface area contributed by atoms with Crippen LogP contribution in [0.4, 0.5) is 10.5 Å². The van der Waals surface area contributed by atoms with E-state index in [1.54, 1.807) is 4.90 Å². The van der Waals surface area contributed by atoms with Crippen LogP contribution >= 0.6 is 15.9 Å². The molecule has 109 valence electrons. The van der Waals surface area contributed by atoms with Crippen LogP contribution < -0.4 is 4.90 Å². The molecule has 20 heavy (non-hydrogen) atoms. The lowest BCUT2D eigenvalue weighted by molar-refractivity contribution is 0.0240. The van der Waals surface area contributed by atoms with Crippen LogP contribution in [0, 0.1) is 6.07 Å². The standard InChI is InChI=1S/C15H20BrN2O2/c1-15(2,3)20-14(19)18-9-7-17(8-10-18)13-6-4-5-12(16)11-13/h4,6,11H,7-10H2,1-3H3. The predicted octanol–water partition coefficient (Wildman–Crippen LogP) is 3.31. The van der Waals surface area contributed by atoms with E-state index in [1.807, 2.05) is 39.0 Å². The lowest BCUT2D eigenvalue weighted by atomic mass is 10.2. The number of anilines is 1. The fourth-order valence-electron chi connectivity index (χ4n) is 2.10. The van der Waals surface area contributed by atoms with E-state index in [9.17, 15) is 4.79 Å². The van der Waals surface area contributed by atoms with Crippen molar-refractivity contribution in [3.63, 3.8) is 0 Å². The zero-order valence-corrected chi connectivity index (χ0v) is 13.7. The highest BCUT2D eigenvalue weighted by Crippen LogP contribution is 2.21. The van der Waals surface area contributed by atoms with Gasteiger partial charge in [0.05, 0.1) is 0 Å².